The highest BCUT2D eigenvalue weighted by Crippen LogP contribution is 2.33. The van der Waals surface area contributed by atoms with E-state index in [-0.39, 0.29) is 11.4 Å². The Labute approximate surface area is 224 Å². The van der Waals surface area contributed by atoms with Crippen molar-refractivity contribution in [3.05, 3.63) is 75.6 Å². The number of hydrogen-bond acceptors (Lipinski definition) is 9. The molecule has 12 heteroatoms. The van der Waals surface area contributed by atoms with Crippen molar-refractivity contribution >= 4 is 10.9 Å². The maximum Gasteiger partial charge on any atom is 0.252 e. The summed E-state index contributed by atoms with van der Waals surface area (Å²) in [6, 6.07) is 11.9. The van der Waals surface area contributed by atoms with Gasteiger partial charge in [-0.25, -0.2) is 9.07 Å². The number of pyridine rings is 1. The number of aromatic amines is 1. The Hall–Kier alpha value is -3.87. The van der Waals surface area contributed by atoms with Crippen LogP contribution in [0.1, 0.15) is 17.0 Å². The Bertz CT molecular complexity index is 1480. The van der Waals surface area contributed by atoms with E-state index in [9.17, 15) is 9.18 Å². The third-order valence-electron chi connectivity index (χ3n) is 7.03. The minimum absolute atomic E-state index is 0.151. The molecule has 2 aliphatic heterocycles. The molecule has 1 fully saturated rings. The Morgan fingerprint density at radius 2 is 1.74 bits per heavy atom. The molecule has 0 bridgehead atoms. The lowest BCUT2D eigenvalue weighted by Gasteiger charge is -2.29. The van der Waals surface area contributed by atoms with E-state index in [1.807, 2.05) is 18.2 Å². The first-order valence-corrected chi connectivity index (χ1v) is 13.1. The number of hydrogen-bond donors (Lipinski definition) is 1. The summed E-state index contributed by atoms with van der Waals surface area (Å²) in [7, 11) is 0. The van der Waals surface area contributed by atoms with Gasteiger partial charge in [-0.3, -0.25) is 14.6 Å². The lowest BCUT2D eigenvalue weighted by molar-refractivity contribution is 0.0322. The normalized spacial score (nSPS) is 15.7. The molecule has 0 aliphatic carbocycles. The molecule has 0 radical (unpaired) electrons. The molecule has 2 aliphatic rings. The van der Waals surface area contributed by atoms with Crippen LogP contribution in [-0.2, 0) is 24.4 Å². The van der Waals surface area contributed by atoms with Crippen LogP contribution in [0.25, 0.3) is 10.9 Å². The van der Waals surface area contributed by atoms with E-state index in [0.717, 1.165) is 43.8 Å². The highest BCUT2D eigenvalue weighted by molar-refractivity contribution is 5.83. The highest BCUT2D eigenvalue weighted by Gasteiger charge is 2.19. The van der Waals surface area contributed by atoms with E-state index in [1.54, 1.807) is 16.8 Å². The van der Waals surface area contributed by atoms with Crippen molar-refractivity contribution in [1.29, 1.82) is 0 Å². The number of benzene rings is 2. The van der Waals surface area contributed by atoms with E-state index >= 15 is 0 Å². The second-order valence-corrected chi connectivity index (χ2v) is 9.75. The molecule has 11 nitrogen and oxygen atoms in total. The fourth-order valence-corrected chi connectivity index (χ4v) is 4.89. The van der Waals surface area contributed by atoms with Crippen LogP contribution in [0.3, 0.4) is 0 Å². The summed E-state index contributed by atoms with van der Waals surface area (Å²) < 4.78 is 32.0. The Morgan fingerprint density at radius 1 is 0.974 bits per heavy atom. The van der Waals surface area contributed by atoms with Crippen molar-refractivity contribution in [2.75, 3.05) is 52.6 Å². The van der Waals surface area contributed by atoms with Gasteiger partial charge in [0.15, 0.2) is 17.3 Å². The number of rotatable bonds is 9. The fourth-order valence-electron chi connectivity index (χ4n) is 4.89. The molecule has 4 aromatic rings. The van der Waals surface area contributed by atoms with Crippen molar-refractivity contribution in [3.63, 3.8) is 0 Å². The number of halogens is 1. The van der Waals surface area contributed by atoms with Crippen molar-refractivity contribution in [1.82, 2.24) is 35.0 Å². The predicted octanol–water partition coefficient (Wildman–Crippen LogP) is 1.81. The molecule has 0 unspecified atom stereocenters. The number of morpholine rings is 1. The SMILES string of the molecule is O=c1[nH]c2cc3c(cc2cc1CN(CCN1CCOCC1)Cc1nnnn1Cc1ccc(F)cc1)OCCO3. The number of nitrogens with zero attached hydrogens (tertiary/aromatic N) is 6. The summed E-state index contributed by atoms with van der Waals surface area (Å²) in [6.07, 6.45) is 0. The lowest BCUT2D eigenvalue weighted by atomic mass is 10.1. The molecule has 0 atom stereocenters. The summed E-state index contributed by atoms with van der Waals surface area (Å²) in [5.41, 5.74) is 2.08. The monoisotopic (exact) mass is 535 g/mol. The van der Waals surface area contributed by atoms with Crippen molar-refractivity contribution in [2.45, 2.75) is 19.6 Å². The number of nitrogens with one attached hydrogen (secondary N) is 1. The van der Waals surface area contributed by atoms with Crippen LogP contribution >= 0.6 is 0 Å². The zero-order valence-electron chi connectivity index (χ0n) is 21.5. The summed E-state index contributed by atoms with van der Waals surface area (Å²) in [6.45, 7) is 6.98. The molecule has 4 heterocycles. The van der Waals surface area contributed by atoms with Crippen LogP contribution in [-0.4, -0.2) is 87.6 Å². The maximum atomic E-state index is 13.4. The van der Waals surface area contributed by atoms with E-state index in [4.69, 9.17) is 14.2 Å². The zero-order chi connectivity index (χ0) is 26.6. The van der Waals surface area contributed by atoms with Crippen LogP contribution in [0.2, 0.25) is 0 Å². The van der Waals surface area contributed by atoms with Gasteiger partial charge < -0.3 is 19.2 Å². The molecule has 2 aromatic heterocycles. The van der Waals surface area contributed by atoms with E-state index in [1.165, 1.54) is 12.1 Å². The summed E-state index contributed by atoms with van der Waals surface area (Å²) >= 11 is 0. The van der Waals surface area contributed by atoms with Gasteiger partial charge in [-0.2, -0.15) is 0 Å². The first kappa shape index (κ1) is 25.4. The maximum absolute atomic E-state index is 13.4. The number of tetrazole rings is 1. The summed E-state index contributed by atoms with van der Waals surface area (Å²) in [5.74, 6) is 1.69. The standard InChI is InChI=1S/C27H30FN7O4/c28-22-3-1-19(2-4-22)16-35-26(30-31-32-35)18-34(6-5-33-7-9-37-10-8-33)17-21-13-20-14-24-25(39-12-11-38-24)15-23(20)29-27(21)36/h1-4,13-15H,5-12,16-18H2,(H,29,36). The first-order chi connectivity index (χ1) is 19.1. The molecule has 204 valence electrons. The van der Waals surface area contributed by atoms with Crippen molar-refractivity contribution < 1.29 is 18.6 Å². The predicted molar refractivity (Wildman–Crippen MR) is 140 cm³/mol. The third kappa shape index (κ3) is 6.08. The molecule has 6 rings (SSSR count). The van der Waals surface area contributed by atoms with Gasteiger partial charge in [0.1, 0.15) is 19.0 Å². The minimum atomic E-state index is -0.287. The number of ether oxygens (including phenoxy) is 3. The van der Waals surface area contributed by atoms with Gasteiger partial charge in [0, 0.05) is 49.7 Å². The van der Waals surface area contributed by atoms with Crippen LogP contribution in [0, 0.1) is 5.82 Å². The van der Waals surface area contributed by atoms with E-state index < -0.39 is 0 Å². The number of H-pyrrole nitrogens is 1. The fraction of sp³-hybridized carbons (Fsp3) is 0.407. The van der Waals surface area contributed by atoms with Gasteiger partial charge in [0.05, 0.1) is 31.8 Å². The van der Waals surface area contributed by atoms with Crippen molar-refractivity contribution in [3.8, 4) is 11.5 Å². The molecule has 1 saturated heterocycles. The third-order valence-corrected chi connectivity index (χ3v) is 7.03. The van der Waals surface area contributed by atoms with Gasteiger partial charge in [0.25, 0.3) is 5.56 Å². The number of aromatic nitrogens is 5. The van der Waals surface area contributed by atoms with Gasteiger partial charge in [-0.05, 0) is 40.3 Å². The van der Waals surface area contributed by atoms with Gasteiger partial charge in [-0.1, -0.05) is 12.1 Å². The Morgan fingerprint density at radius 3 is 2.54 bits per heavy atom. The summed E-state index contributed by atoms with van der Waals surface area (Å²) in [4.78, 5) is 20.7. The smallest absolute Gasteiger partial charge is 0.252 e. The van der Waals surface area contributed by atoms with Crippen LogP contribution < -0.4 is 15.0 Å². The second-order valence-electron chi connectivity index (χ2n) is 9.75. The second kappa shape index (κ2) is 11.5. The van der Waals surface area contributed by atoms with Crippen LogP contribution in [0.15, 0.2) is 47.3 Å². The average molecular weight is 536 g/mol. The zero-order valence-corrected chi connectivity index (χ0v) is 21.5. The molecule has 1 N–H and O–H groups in total. The Kier molecular flexibility index (Phi) is 7.48. The molecule has 39 heavy (non-hydrogen) atoms. The molecular formula is C27H30FN7O4. The molecule has 0 spiro atoms. The quantitative estimate of drug-likeness (QED) is 0.343. The first-order valence-electron chi connectivity index (χ1n) is 13.1. The molecule has 0 saturated carbocycles. The van der Waals surface area contributed by atoms with Gasteiger partial charge in [-0.15, -0.1) is 5.10 Å². The lowest BCUT2D eigenvalue weighted by Crippen LogP contribution is -2.41. The molecule has 2 aromatic carbocycles. The van der Waals surface area contributed by atoms with Crippen molar-refractivity contribution in [2.24, 2.45) is 0 Å². The Balaban J connectivity index is 1.24. The van der Waals surface area contributed by atoms with E-state index in [0.29, 0.717) is 67.8 Å². The largest absolute Gasteiger partial charge is 0.486 e. The number of fused-ring (bicyclic) bond motifs is 2. The topological polar surface area (TPSA) is 111 Å². The van der Waals surface area contributed by atoms with E-state index in [2.05, 4.69) is 30.3 Å². The van der Waals surface area contributed by atoms with Gasteiger partial charge >= 0.3 is 0 Å². The van der Waals surface area contributed by atoms with Crippen LogP contribution in [0.5, 0.6) is 11.5 Å². The molecular weight excluding hydrogens is 505 g/mol. The highest BCUT2D eigenvalue weighted by atomic mass is 19.1. The minimum Gasteiger partial charge on any atom is -0.486 e. The molecule has 0 amide bonds. The summed E-state index contributed by atoms with van der Waals surface area (Å²) in [5, 5.41) is 13.2. The average Bonchev–Trinajstić information content (AvgIpc) is 3.39. The van der Waals surface area contributed by atoms with Crippen LogP contribution in [0.4, 0.5) is 4.39 Å². The van der Waals surface area contributed by atoms with Gasteiger partial charge in [0.2, 0.25) is 0 Å².